The molecule has 1 aromatic heterocycles. The van der Waals surface area contributed by atoms with Crippen LogP contribution in [-0.4, -0.2) is 53.0 Å². The number of ketones is 1. The average Bonchev–Trinajstić information content (AvgIpc) is 3.06. The van der Waals surface area contributed by atoms with Crippen LogP contribution in [0.3, 0.4) is 0 Å². The van der Waals surface area contributed by atoms with Crippen LogP contribution < -0.4 is 4.90 Å². The number of rotatable bonds is 5. The van der Waals surface area contributed by atoms with Gasteiger partial charge in [-0.15, -0.1) is 5.10 Å². The highest BCUT2D eigenvalue weighted by atomic mass is 35.5. The summed E-state index contributed by atoms with van der Waals surface area (Å²) < 4.78 is 5.40. The fraction of sp³-hybridized carbons (Fsp3) is 0.412. The Morgan fingerprint density at radius 3 is 2.56 bits per heavy atom. The number of anilines is 1. The normalized spacial score (nSPS) is 14.6. The van der Waals surface area contributed by atoms with Crippen molar-refractivity contribution in [2.24, 2.45) is 0 Å². The van der Waals surface area contributed by atoms with Gasteiger partial charge in [-0.05, 0) is 12.1 Å². The number of amides is 1. The number of halogens is 1. The maximum atomic E-state index is 12.3. The molecule has 8 heteroatoms. The molecule has 1 fully saturated rings. The third-order valence-corrected chi connectivity index (χ3v) is 4.37. The molecule has 25 heavy (non-hydrogen) atoms. The molecule has 1 aliphatic rings. The van der Waals surface area contributed by atoms with Crippen molar-refractivity contribution < 1.29 is 14.0 Å². The highest BCUT2D eigenvalue weighted by Gasteiger charge is 2.24. The molecular formula is C17H19ClN4O3. The van der Waals surface area contributed by atoms with Gasteiger partial charge in [0, 0.05) is 56.5 Å². The summed E-state index contributed by atoms with van der Waals surface area (Å²) in [7, 11) is 0. The van der Waals surface area contributed by atoms with Crippen molar-refractivity contribution in [1.29, 1.82) is 0 Å². The van der Waals surface area contributed by atoms with Gasteiger partial charge in [0.05, 0.1) is 0 Å². The molecule has 3 rings (SSSR count). The fourth-order valence-electron chi connectivity index (χ4n) is 2.75. The van der Waals surface area contributed by atoms with Gasteiger partial charge in [-0.3, -0.25) is 9.59 Å². The molecule has 0 bridgehead atoms. The topological polar surface area (TPSA) is 79.5 Å². The predicted octanol–water partition coefficient (Wildman–Crippen LogP) is 2.34. The third kappa shape index (κ3) is 4.36. The average molecular weight is 363 g/mol. The Bertz CT molecular complexity index is 769. The first-order chi connectivity index (χ1) is 12.0. The largest absolute Gasteiger partial charge is 0.408 e. The van der Waals surface area contributed by atoms with Crippen LogP contribution in [0.5, 0.6) is 0 Å². The van der Waals surface area contributed by atoms with Gasteiger partial charge in [0.2, 0.25) is 11.8 Å². The minimum atomic E-state index is -0.0733. The molecule has 7 nitrogen and oxygen atoms in total. The summed E-state index contributed by atoms with van der Waals surface area (Å²) in [6.07, 6.45) is 0.382. The lowest BCUT2D eigenvalue weighted by atomic mass is 10.1. The van der Waals surface area contributed by atoms with Crippen LogP contribution in [0.15, 0.2) is 28.7 Å². The van der Waals surface area contributed by atoms with Crippen molar-refractivity contribution in [1.82, 2.24) is 15.1 Å². The minimum Gasteiger partial charge on any atom is -0.408 e. The van der Waals surface area contributed by atoms with Gasteiger partial charge < -0.3 is 14.2 Å². The molecule has 1 saturated heterocycles. The lowest BCUT2D eigenvalue weighted by Gasteiger charge is -2.33. The van der Waals surface area contributed by atoms with E-state index in [0.717, 1.165) is 0 Å². The SMILES string of the molecule is Cc1nnc(N2CCN(C(=O)CCC(=O)c3cccc(Cl)c3)CC2)o1. The number of carbonyl (C=O) groups is 2. The predicted molar refractivity (Wildman–Crippen MR) is 92.8 cm³/mol. The van der Waals surface area contributed by atoms with Crippen molar-refractivity contribution in [2.45, 2.75) is 19.8 Å². The zero-order chi connectivity index (χ0) is 17.8. The van der Waals surface area contributed by atoms with Crippen LogP contribution in [0.2, 0.25) is 5.02 Å². The summed E-state index contributed by atoms with van der Waals surface area (Å²) in [6, 6.07) is 7.27. The molecule has 0 spiro atoms. The second kappa shape index (κ2) is 7.65. The summed E-state index contributed by atoms with van der Waals surface area (Å²) in [5.74, 6) is 0.431. The minimum absolute atomic E-state index is 0.0169. The Morgan fingerprint density at radius 1 is 1.16 bits per heavy atom. The highest BCUT2D eigenvalue weighted by Crippen LogP contribution is 2.16. The zero-order valence-electron chi connectivity index (χ0n) is 13.9. The van der Waals surface area contributed by atoms with Crippen molar-refractivity contribution in [3.05, 3.63) is 40.7 Å². The number of hydrogen-bond acceptors (Lipinski definition) is 6. The first kappa shape index (κ1) is 17.4. The van der Waals surface area contributed by atoms with Gasteiger partial charge in [0.1, 0.15) is 0 Å². The second-order valence-corrected chi connectivity index (χ2v) is 6.34. The maximum Gasteiger partial charge on any atom is 0.318 e. The van der Waals surface area contributed by atoms with E-state index in [0.29, 0.717) is 48.7 Å². The van der Waals surface area contributed by atoms with Crippen LogP contribution in [0.25, 0.3) is 0 Å². The first-order valence-electron chi connectivity index (χ1n) is 8.14. The van der Waals surface area contributed by atoms with E-state index in [1.165, 1.54) is 0 Å². The quantitative estimate of drug-likeness (QED) is 0.759. The standard InChI is InChI=1S/C17H19ClN4O3/c1-12-19-20-17(25-12)22-9-7-21(8-10-22)16(24)6-5-15(23)13-3-2-4-14(18)11-13/h2-4,11H,5-10H2,1H3. The summed E-state index contributed by atoms with van der Waals surface area (Å²) in [4.78, 5) is 28.2. The van der Waals surface area contributed by atoms with E-state index in [1.807, 2.05) is 4.90 Å². The molecule has 0 unspecified atom stereocenters. The summed E-state index contributed by atoms with van der Waals surface area (Å²) in [5.41, 5.74) is 0.539. The molecule has 0 aliphatic carbocycles. The number of Topliss-reactive ketones (excluding diaryl/α,β-unsaturated/α-hetero) is 1. The second-order valence-electron chi connectivity index (χ2n) is 5.91. The van der Waals surface area contributed by atoms with Crippen molar-refractivity contribution in [3.8, 4) is 0 Å². The van der Waals surface area contributed by atoms with Gasteiger partial charge in [-0.1, -0.05) is 28.8 Å². The van der Waals surface area contributed by atoms with Gasteiger partial charge >= 0.3 is 6.01 Å². The first-order valence-corrected chi connectivity index (χ1v) is 8.52. The van der Waals surface area contributed by atoms with Crippen LogP contribution in [0.4, 0.5) is 6.01 Å². The van der Waals surface area contributed by atoms with Gasteiger partial charge in [-0.25, -0.2) is 0 Å². The molecule has 0 saturated carbocycles. The van der Waals surface area contributed by atoms with Crippen LogP contribution in [0, 0.1) is 6.92 Å². The molecule has 0 radical (unpaired) electrons. The summed E-state index contributed by atoms with van der Waals surface area (Å²) in [6.45, 7) is 4.16. The van der Waals surface area contributed by atoms with E-state index in [9.17, 15) is 9.59 Å². The highest BCUT2D eigenvalue weighted by molar-refractivity contribution is 6.31. The lowest BCUT2D eigenvalue weighted by Crippen LogP contribution is -2.49. The Kier molecular flexibility index (Phi) is 5.33. The van der Waals surface area contributed by atoms with Crippen LogP contribution in [0.1, 0.15) is 29.1 Å². The van der Waals surface area contributed by atoms with E-state index in [4.69, 9.17) is 16.0 Å². The number of aryl methyl sites for hydroxylation is 1. The fourth-order valence-corrected chi connectivity index (χ4v) is 2.94. The number of carbonyl (C=O) groups excluding carboxylic acids is 2. The van der Waals surface area contributed by atoms with E-state index >= 15 is 0 Å². The van der Waals surface area contributed by atoms with Crippen molar-refractivity contribution in [3.63, 3.8) is 0 Å². The van der Waals surface area contributed by atoms with Gasteiger partial charge in [0.25, 0.3) is 0 Å². The Hall–Kier alpha value is -2.41. The number of hydrogen-bond donors (Lipinski definition) is 0. The Balaban J connectivity index is 1.47. The molecule has 132 valence electrons. The monoisotopic (exact) mass is 362 g/mol. The van der Waals surface area contributed by atoms with E-state index in [1.54, 1.807) is 36.1 Å². The van der Waals surface area contributed by atoms with Crippen molar-refractivity contribution in [2.75, 3.05) is 31.1 Å². The zero-order valence-corrected chi connectivity index (χ0v) is 14.7. The van der Waals surface area contributed by atoms with Gasteiger partial charge in [0.15, 0.2) is 5.78 Å². The molecule has 2 aromatic rings. The number of aromatic nitrogens is 2. The summed E-state index contributed by atoms with van der Waals surface area (Å²) >= 11 is 5.89. The van der Waals surface area contributed by atoms with Crippen LogP contribution in [-0.2, 0) is 4.79 Å². The third-order valence-electron chi connectivity index (χ3n) is 4.13. The van der Waals surface area contributed by atoms with E-state index in [-0.39, 0.29) is 24.5 Å². The van der Waals surface area contributed by atoms with Crippen LogP contribution >= 0.6 is 11.6 Å². The van der Waals surface area contributed by atoms with Gasteiger partial charge in [-0.2, -0.15) is 0 Å². The maximum absolute atomic E-state index is 12.3. The molecule has 2 heterocycles. The smallest absolute Gasteiger partial charge is 0.318 e. The number of piperazine rings is 1. The molecule has 1 amide bonds. The Morgan fingerprint density at radius 2 is 1.92 bits per heavy atom. The molecular weight excluding hydrogens is 344 g/mol. The van der Waals surface area contributed by atoms with E-state index < -0.39 is 0 Å². The molecule has 1 aromatic carbocycles. The molecule has 1 aliphatic heterocycles. The molecule has 0 N–H and O–H groups in total. The lowest BCUT2D eigenvalue weighted by molar-refractivity contribution is -0.131. The number of nitrogens with zero attached hydrogens (tertiary/aromatic N) is 4. The number of benzene rings is 1. The summed E-state index contributed by atoms with van der Waals surface area (Å²) in [5, 5.41) is 8.32. The molecule has 0 atom stereocenters. The van der Waals surface area contributed by atoms with E-state index in [2.05, 4.69) is 10.2 Å². The Labute approximate surface area is 150 Å². The van der Waals surface area contributed by atoms with Crippen molar-refractivity contribution >= 4 is 29.3 Å².